The molecule has 0 spiro atoms. The summed E-state index contributed by atoms with van der Waals surface area (Å²) in [4.78, 5) is 0. The standard InChI is InChI=1S/Co.Cu.Mo.Pt.W. The van der Waals surface area contributed by atoms with E-state index in [9.17, 15) is 0 Å². The zero-order valence-corrected chi connectivity index (χ0v) is 11.0. The van der Waals surface area contributed by atoms with Crippen molar-refractivity contribution in [2.75, 3.05) is 0 Å². The summed E-state index contributed by atoms with van der Waals surface area (Å²) in [6.07, 6.45) is 0. The molecule has 0 fully saturated rings. The Morgan fingerprint density at radius 1 is 1.00 bits per heavy atom. The van der Waals surface area contributed by atoms with Crippen LogP contribution in [-0.4, -0.2) is 0 Å². The maximum absolute atomic E-state index is 0. The minimum Gasteiger partial charge on any atom is 0 e. The maximum Gasteiger partial charge on any atom is 0 e. The molecule has 5 heteroatoms. The molecule has 0 aliphatic carbocycles. The second-order valence-corrected chi connectivity index (χ2v) is 0. The molecule has 0 aromatic carbocycles. The molecule has 0 atom stereocenters. The summed E-state index contributed by atoms with van der Waals surface area (Å²) in [5.41, 5.74) is 0. The van der Waals surface area contributed by atoms with Crippen LogP contribution >= 0.6 is 0 Å². The van der Waals surface area contributed by atoms with Gasteiger partial charge in [-0.15, -0.1) is 0 Å². The quantitative estimate of drug-likeness (QED) is 0.345. The van der Waals surface area contributed by atoms with E-state index in [-0.39, 0.29) is 97.0 Å². The van der Waals surface area contributed by atoms with Gasteiger partial charge in [0.05, 0.1) is 0 Å². The zero-order chi connectivity index (χ0) is 0. The number of hydrogen-bond donors (Lipinski definition) is 0. The predicted octanol–water partition coefficient (Wildman–Crippen LogP) is -0.0125. The Hall–Kier alpha value is 3.09. The zero-order valence-electron chi connectivity index (χ0n) is 1.77. The summed E-state index contributed by atoms with van der Waals surface area (Å²) >= 11 is 0. The van der Waals surface area contributed by atoms with Crippen molar-refractivity contribution < 1.29 is 97.0 Å². The molecule has 0 saturated carbocycles. The fourth-order valence-corrected chi connectivity index (χ4v) is 0. The van der Waals surface area contributed by atoms with Gasteiger partial charge in [0.2, 0.25) is 0 Å². The average molecular weight is 597 g/mol. The van der Waals surface area contributed by atoms with Crippen LogP contribution in [0.1, 0.15) is 0 Å². The first-order valence-electron chi connectivity index (χ1n) is 0. The summed E-state index contributed by atoms with van der Waals surface area (Å²) in [5.74, 6) is 0. The van der Waals surface area contributed by atoms with Crippen molar-refractivity contribution in [2.45, 2.75) is 0 Å². The predicted molar refractivity (Wildman–Crippen MR) is 0 cm³/mol. The van der Waals surface area contributed by atoms with Gasteiger partial charge < -0.3 is 0 Å². The molecule has 0 saturated heterocycles. The summed E-state index contributed by atoms with van der Waals surface area (Å²) in [7, 11) is 0. The smallest absolute Gasteiger partial charge is 0 e. The first kappa shape index (κ1) is 42.6. The van der Waals surface area contributed by atoms with E-state index in [1.165, 1.54) is 0 Å². The van der Waals surface area contributed by atoms with Crippen LogP contribution in [0.5, 0.6) is 0 Å². The minimum atomic E-state index is 0. The third-order valence-corrected chi connectivity index (χ3v) is 0. The van der Waals surface area contributed by atoms with Crippen LogP contribution in [0.3, 0.4) is 0 Å². The van der Waals surface area contributed by atoms with E-state index in [4.69, 9.17) is 0 Å². The summed E-state index contributed by atoms with van der Waals surface area (Å²) in [6.45, 7) is 0. The van der Waals surface area contributed by atoms with Crippen molar-refractivity contribution in [2.24, 2.45) is 0 Å². The van der Waals surface area contributed by atoms with Gasteiger partial charge in [-0.3, -0.25) is 0 Å². The molecule has 5 heavy (non-hydrogen) atoms. The Kier molecular flexibility index (Phi) is 235. The molecule has 42 valence electrons. The molecule has 0 aliphatic heterocycles. The van der Waals surface area contributed by atoms with Gasteiger partial charge in [-0.25, -0.2) is 0 Å². The van der Waals surface area contributed by atoms with E-state index in [1.807, 2.05) is 0 Å². The molecule has 0 N–H and O–H groups in total. The normalized spacial score (nSPS) is 0. The van der Waals surface area contributed by atoms with Crippen molar-refractivity contribution >= 4 is 0 Å². The van der Waals surface area contributed by atoms with E-state index in [1.54, 1.807) is 0 Å². The Balaban J connectivity index is 0. The van der Waals surface area contributed by atoms with Gasteiger partial charge in [-0.2, -0.15) is 0 Å². The van der Waals surface area contributed by atoms with Gasteiger partial charge >= 0.3 is 0 Å². The molecule has 0 heterocycles. The van der Waals surface area contributed by atoms with Crippen LogP contribution in [0.2, 0.25) is 0 Å². The molecule has 0 unspecified atom stereocenters. The first-order valence-corrected chi connectivity index (χ1v) is 0. The van der Waals surface area contributed by atoms with Crippen molar-refractivity contribution in [3.63, 3.8) is 0 Å². The van der Waals surface area contributed by atoms with Gasteiger partial charge in [0.25, 0.3) is 0 Å². The van der Waals surface area contributed by atoms with E-state index in [0.29, 0.717) is 0 Å². The van der Waals surface area contributed by atoms with Crippen LogP contribution in [0.4, 0.5) is 0 Å². The van der Waals surface area contributed by atoms with Crippen molar-refractivity contribution in [3.05, 3.63) is 0 Å². The average Bonchev–Trinajstić information content (AvgIpc) is 0. The number of rotatable bonds is 0. The molecule has 0 aromatic rings. The van der Waals surface area contributed by atoms with E-state index in [2.05, 4.69) is 0 Å². The molecular formula is CoCuMoPtW. The molecule has 2 radical (unpaired) electrons. The number of hydrogen-bond acceptors (Lipinski definition) is 0. The van der Waals surface area contributed by atoms with Crippen LogP contribution in [0.15, 0.2) is 0 Å². The largest absolute Gasteiger partial charge is 0 e. The first-order chi connectivity index (χ1) is 0. The molecule has 0 aromatic heterocycles. The second-order valence-electron chi connectivity index (χ2n) is 0. The topological polar surface area (TPSA) is 0 Å². The molecule has 0 aliphatic rings. The Bertz CT molecular complexity index is 11.6. The molecule has 0 rings (SSSR count). The van der Waals surface area contributed by atoms with E-state index in [0.717, 1.165) is 0 Å². The minimum absolute atomic E-state index is 0. The van der Waals surface area contributed by atoms with Crippen LogP contribution in [-0.2, 0) is 97.0 Å². The molecule has 0 bridgehead atoms. The van der Waals surface area contributed by atoms with E-state index >= 15 is 0 Å². The van der Waals surface area contributed by atoms with Gasteiger partial charge in [0.1, 0.15) is 0 Å². The van der Waals surface area contributed by atoms with Gasteiger partial charge in [0.15, 0.2) is 0 Å². The summed E-state index contributed by atoms with van der Waals surface area (Å²) in [5, 5.41) is 0. The molecule has 0 nitrogen and oxygen atoms in total. The van der Waals surface area contributed by atoms with Crippen molar-refractivity contribution in [3.8, 4) is 0 Å². The van der Waals surface area contributed by atoms with Crippen LogP contribution in [0.25, 0.3) is 0 Å². The van der Waals surface area contributed by atoms with Crippen LogP contribution in [0, 0.1) is 0 Å². The van der Waals surface area contributed by atoms with Gasteiger partial charge in [-0.1, -0.05) is 0 Å². The molecular weight excluding hydrogens is 597 g/mol. The fourth-order valence-electron chi connectivity index (χ4n) is 0. The Labute approximate surface area is 95.4 Å². The van der Waals surface area contributed by atoms with Gasteiger partial charge in [0, 0.05) is 97.0 Å². The summed E-state index contributed by atoms with van der Waals surface area (Å²) < 4.78 is 0. The second kappa shape index (κ2) is 27.5. The maximum atomic E-state index is 0. The van der Waals surface area contributed by atoms with Gasteiger partial charge in [-0.05, 0) is 0 Å². The SMILES string of the molecule is [Co].[Cu].[Mo].[Pt].[W]. The Morgan fingerprint density at radius 2 is 1.00 bits per heavy atom. The third-order valence-electron chi connectivity index (χ3n) is 0. The molecule has 0 amide bonds. The summed E-state index contributed by atoms with van der Waals surface area (Å²) in [6, 6.07) is 0. The van der Waals surface area contributed by atoms with Crippen LogP contribution < -0.4 is 0 Å². The monoisotopic (exact) mass is 599 g/mol. The third kappa shape index (κ3) is 19.2. The van der Waals surface area contributed by atoms with E-state index < -0.39 is 0 Å². The Morgan fingerprint density at radius 3 is 1.00 bits per heavy atom. The van der Waals surface area contributed by atoms with Crippen molar-refractivity contribution in [1.29, 1.82) is 0 Å². The fraction of sp³-hybridized carbons (Fsp3) is 0. The van der Waals surface area contributed by atoms with Crippen molar-refractivity contribution in [1.82, 2.24) is 0 Å².